The fourth-order valence-corrected chi connectivity index (χ4v) is 4.81. The number of aliphatic hydroxyl groups is 1. The van der Waals surface area contributed by atoms with Gasteiger partial charge in [-0.1, -0.05) is 56.3 Å². The highest BCUT2D eigenvalue weighted by Gasteiger charge is 2.72. The van der Waals surface area contributed by atoms with E-state index in [0.717, 1.165) is 11.1 Å². The Morgan fingerprint density at radius 1 is 1.06 bits per heavy atom. The Bertz CT molecular complexity index is 1300. The van der Waals surface area contributed by atoms with Crippen molar-refractivity contribution < 1.29 is 19.4 Å². The number of rotatable bonds is 3. The second-order valence-electron chi connectivity index (χ2n) is 8.77. The van der Waals surface area contributed by atoms with Crippen molar-refractivity contribution in [1.82, 2.24) is 5.32 Å². The van der Waals surface area contributed by atoms with E-state index in [1.165, 1.54) is 0 Å². The molecule has 2 atom stereocenters. The minimum atomic E-state index is -2.12. The molecule has 2 aliphatic rings. The fourth-order valence-electron chi connectivity index (χ4n) is 4.81. The summed E-state index contributed by atoms with van der Waals surface area (Å²) in [6.07, 6.45) is 0. The van der Waals surface area contributed by atoms with E-state index in [9.17, 15) is 14.7 Å². The number of Topliss-reactive ketones (excluding diaryl/α,β-unsaturated/α-hetero) is 1. The summed E-state index contributed by atoms with van der Waals surface area (Å²) in [6, 6.07) is 17.4. The van der Waals surface area contributed by atoms with Crippen LogP contribution in [-0.4, -0.2) is 16.8 Å². The maximum absolute atomic E-state index is 13.9. The Morgan fingerprint density at radius 3 is 2.53 bits per heavy atom. The van der Waals surface area contributed by atoms with Crippen LogP contribution in [0.2, 0.25) is 0 Å². The number of aryl methyl sites for hydroxylation is 1. The van der Waals surface area contributed by atoms with Crippen LogP contribution in [0.4, 0.5) is 5.69 Å². The summed E-state index contributed by atoms with van der Waals surface area (Å²) >= 11 is 0. The summed E-state index contributed by atoms with van der Waals surface area (Å²) in [4.78, 5) is 27.3. The van der Waals surface area contributed by atoms with Crippen molar-refractivity contribution in [1.29, 1.82) is 0 Å². The maximum Gasteiger partial charge on any atom is 0.271 e. The molecule has 0 fully saturated rings. The van der Waals surface area contributed by atoms with Crippen LogP contribution in [-0.2, 0) is 11.3 Å². The lowest BCUT2D eigenvalue weighted by Gasteiger charge is -2.34. The average molecular weight is 428 g/mol. The van der Waals surface area contributed by atoms with E-state index in [1.807, 2.05) is 45.0 Å². The molecule has 0 radical (unpaired) electrons. The zero-order chi connectivity index (χ0) is 22.8. The molecular formula is C26H24N2O4. The van der Waals surface area contributed by atoms with E-state index in [-0.39, 0.29) is 22.7 Å². The molecule has 6 nitrogen and oxygen atoms in total. The largest absolute Gasteiger partial charge is 0.454 e. The summed E-state index contributed by atoms with van der Waals surface area (Å²) in [7, 11) is 0. The monoisotopic (exact) mass is 428 g/mol. The third-order valence-electron chi connectivity index (χ3n) is 6.56. The molecular weight excluding hydrogens is 404 g/mol. The Hall–Kier alpha value is -3.64. The van der Waals surface area contributed by atoms with Crippen LogP contribution in [0, 0.1) is 6.92 Å². The molecule has 3 aromatic rings. The Labute approximate surface area is 186 Å². The number of amides is 1. The van der Waals surface area contributed by atoms with Crippen LogP contribution < -0.4 is 15.8 Å². The third kappa shape index (κ3) is 2.44. The van der Waals surface area contributed by atoms with E-state index >= 15 is 0 Å². The topological polar surface area (TPSA) is 102 Å². The lowest BCUT2D eigenvalue weighted by molar-refractivity contribution is -0.169. The number of anilines is 1. The predicted molar refractivity (Wildman–Crippen MR) is 121 cm³/mol. The Kier molecular flexibility index (Phi) is 4.23. The van der Waals surface area contributed by atoms with Gasteiger partial charge in [0.1, 0.15) is 5.75 Å². The molecule has 1 amide bonds. The van der Waals surface area contributed by atoms with Crippen LogP contribution in [0.5, 0.6) is 5.75 Å². The van der Waals surface area contributed by atoms with Gasteiger partial charge in [0.05, 0.1) is 5.56 Å². The Morgan fingerprint density at radius 2 is 1.81 bits per heavy atom. The number of benzene rings is 3. The number of nitrogens with one attached hydrogen (secondary N) is 1. The van der Waals surface area contributed by atoms with E-state index in [1.54, 1.807) is 36.4 Å². The first-order valence-electron chi connectivity index (χ1n) is 10.6. The summed E-state index contributed by atoms with van der Waals surface area (Å²) in [5, 5.41) is 14.8. The van der Waals surface area contributed by atoms with Crippen LogP contribution in [0.3, 0.4) is 0 Å². The van der Waals surface area contributed by atoms with Crippen molar-refractivity contribution >= 4 is 17.4 Å². The van der Waals surface area contributed by atoms with Gasteiger partial charge in [0, 0.05) is 22.4 Å². The normalized spacial score (nSPS) is 22.8. The third-order valence-corrected chi connectivity index (χ3v) is 6.56. The van der Waals surface area contributed by atoms with Gasteiger partial charge < -0.3 is 20.9 Å². The zero-order valence-electron chi connectivity index (χ0n) is 18.1. The molecule has 0 bridgehead atoms. The number of carbonyl (C=O) groups excluding carboxylic acids is 2. The lowest BCUT2D eigenvalue weighted by atomic mass is 9.82. The summed E-state index contributed by atoms with van der Waals surface area (Å²) < 4.78 is 6.10. The number of nitrogens with two attached hydrogens (primary N) is 1. The first-order chi connectivity index (χ1) is 15.2. The van der Waals surface area contributed by atoms with Crippen LogP contribution in [0.15, 0.2) is 60.7 Å². The van der Waals surface area contributed by atoms with Gasteiger partial charge in [0.25, 0.3) is 11.7 Å². The number of carbonyl (C=O) groups is 2. The predicted octanol–water partition coefficient (Wildman–Crippen LogP) is 3.76. The number of ether oxygens (including phenoxy) is 1. The van der Waals surface area contributed by atoms with Crippen molar-refractivity contribution in [2.24, 2.45) is 0 Å². The van der Waals surface area contributed by atoms with Crippen LogP contribution >= 0.6 is 0 Å². The average Bonchev–Trinajstić information content (AvgIpc) is 3.11. The molecule has 0 saturated heterocycles. The van der Waals surface area contributed by atoms with E-state index in [4.69, 9.17) is 10.5 Å². The molecule has 0 spiro atoms. The number of hydrogen-bond acceptors (Lipinski definition) is 5. The second-order valence-corrected chi connectivity index (χ2v) is 8.77. The van der Waals surface area contributed by atoms with Gasteiger partial charge in [-0.2, -0.15) is 0 Å². The first kappa shape index (κ1) is 20.3. The lowest BCUT2D eigenvalue weighted by Crippen LogP contribution is -2.60. The van der Waals surface area contributed by atoms with Gasteiger partial charge in [0.15, 0.2) is 0 Å². The van der Waals surface area contributed by atoms with E-state index in [0.29, 0.717) is 16.9 Å². The van der Waals surface area contributed by atoms with Gasteiger partial charge >= 0.3 is 0 Å². The smallest absolute Gasteiger partial charge is 0.271 e. The minimum Gasteiger partial charge on any atom is -0.454 e. The molecule has 1 aliphatic carbocycles. The number of hydrogen-bond donors (Lipinski definition) is 3. The molecule has 6 heteroatoms. The van der Waals surface area contributed by atoms with Gasteiger partial charge in [-0.15, -0.1) is 0 Å². The van der Waals surface area contributed by atoms with Gasteiger partial charge in [-0.05, 0) is 42.2 Å². The summed E-state index contributed by atoms with van der Waals surface area (Å²) in [5.74, 6) is -2.51. The highest BCUT2D eigenvalue weighted by molar-refractivity contribution is 6.16. The Balaban J connectivity index is 1.75. The maximum atomic E-state index is 13.9. The molecule has 2 unspecified atom stereocenters. The molecule has 5 rings (SSSR count). The van der Waals surface area contributed by atoms with E-state index < -0.39 is 23.0 Å². The quantitative estimate of drug-likeness (QED) is 0.552. The van der Waals surface area contributed by atoms with Gasteiger partial charge in [-0.25, -0.2) is 0 Å². The van der Waals surface area contributed by atoms with Crippen molar-refractivity contribution in [2.45, 2.75) is 38.0 Å². The van der Waals surface area contributed by atoms with Crippen molar-refractivity contribution in [3.8, 4) is 5.75 Å². The highest BCUT2D eigenvalue weighted by atomic mass is 16.6. The number of nitrogen functional groups attached to an aromatic ring is 1. The fraction of sp³-hybridized carbons (Fsp3) is 0.231. The molecule has 1 aliphatic heterocycles. The molecule has 1 heterocycles. The summed E-state index contributed by atoms with van der Waals surface area (Å²) in [5.41, 5.74) is 7.48. The summed E-state index contributed by atoms with van der Waals surface area (Å²) in [6.45, 7) is 5.90. The molecule has 4 N–H and O–H groups in total. The minimum absolute atomic E-state index is 0.165. The van der Waals surface area contributed by atoms with Gasteiger partial charge in [-0.3, -0.25) is 9.59 Å². The number of ketones is 1. The van der Waals surface area contributed by atoms with E-state index in [2.05, 4.69) is 5.32 Å². The molecule has 3 aromatic carbocycles. The van der Waals surface area contributed by atoms with Crippen LogP contribution in [0.1, 0.15) is 62.7 Å². The van der Waals surface area contributed by atoms with Crippen LogP contribution in [0.25, 0.3) is 0 Å². The van der Waals surface area contributed by atoms with Crippen molar-refractivity contribution in [3.63, 3.8) is 0 Å². The standard InChI is InChI=1S/C26H24N2O4/c1-14(2)16-11-12-18-21(13-16)32-26(31)19-9-6-10-20(27)22(19)23(29)25(18,26)28-24(30)17-8-5-4-7-15(17)3/h4-14,31H,27H2,1-3H3,(H,28,30). The van der Waals surface area contributed by atoms with Gasteiger partial charge in [0.2, 0.25) is 11.3 Å². The molecule has 162 valence electrons. The van der Waals surface area contributed by atoms with Crippen molar-refractivity contribution in [2.75, 3.05) is 5.73 Å². The molecule has 32 heavy (non-hydrogen) atoms. The molecule has 0 saturated carbocycles. The SMILES string of the molecule is Cc1ccccc1C(=O)NC12C(=O)c3c(N)cccc3C1(O)Oc1cc(C(C)C)ccc12. The first-order valence-corrected chi connectivity index (χ1v) is 10.6. The molecule has 0 aromatic heterocycles. The highest BCUT2D eigenvalue weighted by Crippen LogP contribution is 2.59. The zero-order valence-corrected chi connectivity index (χ0v) is 18.1. The van der Waals surface area contributed by atoms with Crippen molar-refractivity contribution in [3.05, 3.63) is 94.0 Å². The number of fused-ring (bicyclic) bond motifs is 5. The second kappa shape index (κ2) is 6.68.